The van der Waals surface area contributed by atoms with E-state index in [9.17, 15) is 23.8 Å². The Morgan fingerprint density at radius 2 is 1.63 bits per heavy atom. The van der Waals surface area contributed by atoms with Crippen molar-refractivity contribution >= 4 is 47.9 Å². The van der Waals surface area contributed by atoms with E-state index < -0.39 is 25.0 Å². The minimum atomic E-state index is -3.30. The van der Waals surface area contributed by atoms with Gasteiger partial charge < -0.3 is 14.9 Å². The number of amides is 2. The van der Waals surface area contributed by atoms with Gasteiger partial charge in [0, 0.05) is 34.7 Å². The number of benzene rings is 2. The van der Waals surface area contributed by atoms with Crippen molar-refractivity contribution in [3.05, 3.63) is 71.1 Å². The lowest BCUT2D eigenvalue weighted by Crippen LogP contribution is -2.27. The van der Waals surface area contributed by atoms with Gasteiger partial charge in [0.25, 0.3) is 5.91 Å². The van der Waals surface area contributed by atoms with Crippen LogP contribution in [-0.2, 0) is 9.30 Å². The van der Waals surface area contributed by atoms with Crippen molar-refractivity contribution < 1.29 is 28.6 Å². The highest BCUT2D eigenvalue weighted by molar-refractivity contribution is 7.58. The lowest BCUT2D eigenvalue weighted by atomic mass is 10.1. The van der Waals surface area contributed by atoms with Crippen LogP contribution in [-0.4, -0.2) is 40.6 Å². The molecule has 1 aromatic heterocycles. The van der Waals surface area contributed by atoms with Gasteiger partial charge in [0.1, 0.15) is 5.60 Å². The largest absolute Gasteiger partial charge is 0.444 e. The van der Waals surface area contributed by atoms with E-state index in [4.69, 9.17) is 4.74 Å². The van der Waals surface area contributed by atoms with Gasteiger partial charge in [0.05, 0.1) is 11.4 Å². The predicted molar refractivity (Wildman–Crippen MR) is 153 cm³/mol. The molecule has 0 spiro atoms. The maximum Gasteiger partial charge on any atom is 0.412 e. The molecule has 1 unspecified atom stereocenters. The molecule has 38 heavy (non-hydrogen) atoms. The zero-order valence-electron chi connectivity index (χ0n) is 21.9. The van der Waals surface area contributed by atoms with Crippen LogP contribution in [0.15, 0.2) is 60.0 Å². The number of hydrogen-bond acceptors (Lipinski definition) is 6. The van der Waals surface area contributed by atoms with Gasteiger partial charge in [-0.2, -0.15) is 0 Å². The van der Waals surface area contributed by atoms with Crippen molar-refractivity contribution in [1.29, 1.82) is 0 Å². The number of nitrogens with one attached hydrogen (secondary N) is 2. The number of hydrogen-bond donors (Lipinski definition) is 3. The third kappa shape index (κ3) is 8.65. The monoisotopic (exact) mass is 556 g/mol. The molecule has 0 saturated heterocycles. The van der Waals surface area contributed by atoms with E-state index in [1.165, 1.54) is 24.3 Å². The van der Waals surface area contributed by atoms with E-state index in [-0.39, 0.29) is 24.5 Å². The van der Waals surface area contributed by atoms with Crippen molar-refractivity contribution in [3.8, 4) is 10.4 Å². The van der Waals surface area contributed by atoms with Crippen molar-refractivity contribution in [2.75, 3.05) is 23.0 Å². The molecule has 202 valence electrons. The van der Waals surface area contributed by atoms with Crippen LogP contribution >= 0.6 is 18.7 Å². The third-order valence-electron chi connectivity index (χ3n) is 5.44. The first kappa shape index (κ1) is 29.3. The van der Waals surface area contributed by atoms with Gasteiger partial charge in [-0.25, -0.2) is 4.79 Å². The maximum atomic E-state index is 13.1. The second kappa shape index (κ2) is 12.5. The smallest absolute Gasteiger partial charge is 0.412 e. The highest BCUT2D eigenvalue weighted by Crippen LogP contribution is 2.41. The first-order valence-corrected chi connectivity index (χ1v) is 15.2. The van der Waals surface area contributed by atoms with E-state index in [0.29, 0.717) is 28.9 Å². The molecule has 0 bridgehead atoms. The van der Waals surface area contributed by atoms with Crippen LogP contribution in [0.3, 0.4) is 0 Å². The second-order valence-electron chi connectivity index (χ2n) is 9.86. The summed E-state index contributed by atoms with van der Waals surface area (Å²) in [6.07, 6.45) is 0.0327. The molecule has 1 heterocycles. The second-order valence-corrected chi connectivity index (χ2v) is 13.4. The fourth-order valence-corrected chi connectivity index (χ4v) is 5.85. The van der Waals surface area contributed by atoms with E-state index in [0.717, 1.165) is 10.4 Å². The Bertz CT molecular complexity index is 1330. The molecule has 0 fully saturated rings. The zero-order chi connectivity index (χ0) is 27.9. The van der Waals surface area contributed by atoms with Gasteiger partial charge in [-0.1, -0.05) is 31.2 Å². The molecule has 3 N–H and O–H groups in total. The molecule has 1 atom stereocenters. The van der Waals surface area contributed by atoms with Gasteiger partial charge in [0.15, 0.2) is 5.78 Å². The maximum absolute atomic E-state index is 13.1. The number of ketones is 1. The molecule has 0 aliphatic carbocycles. The average Bonchev–Trinajstić information content (AvgIpc) is 3.37. The van der Waals surface area contributed by atoms with Crippen LogP contribution in [0, 0.1) is 0 Å². The number of ether oxygens (including phenoxy) is 1. The van der Waals surface area contributed by atoms with Crippen LogP contribution < -0.4 is 10.6 Å². The number of thiophene rings is 1. The molecule has 0 radical (unpaired) electrons. The van der Waals surface area contributed by atoms with Crippen LogP contribution in [0.25, 0.3) is 10.4 Å². The Hall–Kier alpha value is -3.26. The van der Waals surface area contributed by atoms with Crippen molar-refractivity contribution in [2.24, 2.45) is 0 Å². The van der Waals surface area contributed by atoms with E-state index in [2.05, 4.69) is 10.6 Å². The Kier molecular flexibility index (Phi) is 9.66. The standard InChI is InChI=1S/C28H33N2O6PS/c1-5-15-37(34,35)16-14-24(31)19-8-10-20(11-9-19)26(32)29-23-18-21(25-7-6-17-38-25)12-13-22(23)30-27(33)36-28(2,3)4/h6-13,17-18H,5,14-16H2,1-4H3,(H,29,32)(H,30,33)(H,34,35). The molecule has 2 amide bonds. The third-order valence-corrected chi connectivity index (χ3v) is 8.43. The number of carbonyl (C=O) groups is 3. The summed E-state index contributed by atoms with van der Waals surface area (Å²) in [5, 5.41) is 7.49. The molecule has 2 aromatic carbocycles. The van der Waals surface area contributed by atoms with Gasteiger partial charge in [-0.15, -0.1) is 11.3 Å². The van der Waals surface area contributed by atoms with E-state index in [1.54, 1.807) is 44.2 Å². The van der Waals surface area contributed by atoms with Crippen molar-refractivity contribution in [3.63, 3.8) is 0 Å². The van der Waals surface area contributed by atoms with Gasteiger partial charge in [-0.3, -0.25) is 19.5 Å². The average molecular weight is 557 g/mol. The Labute approximate surface area is 226 Å². The van der Waals surface area contributed by atoms with Crippen molar-refractivity contribution in [2.45, 2.75) is 46.1 Å². The Morgan fingerprint density at radius 1 is 0.947 bits per heavy atom. The molecule has 0 aliphatic rings. The Morgan fingerprint density at radius 3 is 2.24 bits per heavy atom. The fourth-order valence-electron chi connectivity index (χ4n) is 3.65. The van der Waals surface area contributed by atoms with Crippen LogP contribution in [0.5, 0.6) is 0 Å². The predicted octanol–water partition coefficient (Wildman–Crippen LogP) is 7.27. The topological polar surface area (TPSA) is 122 Å². The number of carbonyl (C=O) groups excluding carboxylic acids is 3. The SMILES string of the molecule is CCCP(=O)(O)CCC(=O)c1ccc(C(=O)Nc2cc(-c3cccs3)ccc2NC(=O)OC(C)(C)C)cc1. The van der Waals surface area contributed by atoms with Gasteiger partial charge in [-0.05, 0) is 68.5 Å². The summed E-state index contributed by atoms with van der Waals surface area (Å²) in [5.74, 6) is -0.683. The molecular weight excluding hydrogens is 523 g/mol. The summed E-state index contributed by atoms with van der Waals surface area (Å²) < 4.78 is 17.4. The van der Waals surface area contributed by atoms with Crippen LogP contribution in [0.4, 0.5) is 16.2 Å². The van der Waals surface area contributed by atoms with Gasteiger partial charge >= 0.3 is 6.09 Å². The normalized spacial score (nSPS) is 12.9. The molecule has 10 heteroatoms. The lowest BCUT2D eigenvalue weighted by Gasteiger charge is -2.21. The highest BCUT2D eigenvalue weighted by Gasteiger charge is 2.20. The first-order valence-electron chi connectivity index (χ1n) is 12.3. The molecule has 3 rings (SSSR count). The molecule has 3 aromatic rings. The highest BCUT2D eigenvalue weighted by atomic mass is 32.1. The number of Topliss-reactive ketones (excluding diaryl/α,β-unsaturated/α-hetero) is 1. The summed E-state index contributed by atoms with van der Waals surface area (Å²) in [4.78, 5) is 48.9. The van der Waals surface area contributed by atoms with Crippen molar-refractivity contribution in [1.82, 2.24) is 0 Å². The minimum Gasteiger partial charge on any atom is -0.444 e. The Balaban J connectivity index is 1.77. The van der Waals surface area contributed by atoms with Crippen LogP contribution in [0.2, 0.25) is 0 Å². The summed E-state index contributed by atoms with van der Waals surface area (Å²) in [7, 11) is -3.30. The summed E-state index contributed by atoms with van der Waals surface area (Å²) in [5.41, 5.74) is 1.63. The summed E-state index contributed by atoms with van der Waals surface area (Å²) in [6, 6.07) is 15.3. The lowest BCUT2D eigenvalue weighted by molar-refractivity contribution is 0.0635. The molecule has 0 saturated carbocycles. The number of anilines is 2. The quantitative estimate of drug-likeness (QED) is 0.178. The fraction of sp³-hybridized carbons (Fsp3) is 0.321. The van der Waals surface area contributed by atoms with Gasteiger partial charge in [0.2, 0.25) is 7.37 Å². The minimum absolute atomic E-state index is 0.0332. The molecular formula is C28H33N2O6PS. The molecule has 8 nitrogen and oxygen atoms in total. The van der Waals surface area contributed by atoms with Crippen LogP contribution in [0.1, 0.15) is 61.3 Å². The van der Waals surface area contributed by atoms with E-state index in [1.807, 2.05) is 30.5 Å². The summed E-state index contributed by atoms with van der Waals surface area (Å²) >= 11 is 1.55. The summed E-state index contributed by atoms with van der Waals surface area (Å²) in [6.45, 7) is 7.11. The molecule has 0 aliphatic heterocycles. The van der Waals surface area contributed by atoms with E-state index >= 15 is 0 Å². The zero-order valence-corrected chi connectivity index (χ0v) is 23.7. The first-order chi connectivity index (χ1) is 17.9. The number of rotatable bonds is 10.